The molecular weight excluding hydrogens is 183 g/mol. The topological polar surface area (TPSA) is 24.1 Å². The fourth-order valence-corrected chi connectivity index (χ4v) is 1.31. The van der Waals surface area contributed by atoms with Crippen LogP contribution in [-0.2, 0) is 0 Å². The van der Waals surface area contributed by atoms with E-state index in [0.717, 1.165) is 19.1 Å². The van der Waals surface area contributed by atoms with Gasteiger partial charge in [-0.1, -0.05) is 6.92 Å². The van der Waals surface area contributed by atoms with Crippen LogP contribution in [0.3, 0.4) is 0 Å². The van der Waals surface area contributed by atoms with Crippen LogP contribution in [0.1, 0.15) is 19.8 Å². The molecule has 1 aliphatic rings. The fraction of sp³-hybridized carbons (Fsp3) is 1.00. The lowest BCUT2D eigenvalue weighted by atomic mass is 10.1. The van der Waals surface area contributed by atoms with Gasteiger partial charge in [-0.2, -0.15) is 0 Å². The maximum Gasteiger partial charge on any atom is 0.0192 e. The summed E-state index contributed by atoms with van der Waals surface area (Å²) in [5.74, 6) is 0. The standard InChI is InChI=1S/C7H16N2.2ClH/c1-2-9-7-4-3-5-8-6-7;;/h7-9H,2-6H2,1H3;2*1H/t7-;;/m1../s1. The highest BCUT2D eigenvalue weighted by Crippen LogP contribution is 1.99. The first-order valence-corrected chi connectivity index (χ1v) is 3.87. The average Bonchev–Trinajstić information content (AvgIpc) is 1.91. The predicted octanol–water partition coefficient (Wildman–Crippen LogP) is 1.19. The number of hydrogen-bond acceptors (Lipinski definition) is 2. The van der Waals surface area contributed by atoms with Gasteiger partial charge in [-0.3, -0.25) is 0 Å². The number of piperidine rings is 1. The third-order valence-corrected chi connectivity index (χ3v) is 1.79. The molecule has 1 fully saturated rings. The van der Waals surface area contributed by atoms with Crippen molar-refractivity contribution in [2.24, 2.45) is 0 Å². The molecule has 4 heteroatoms. The lowest BCUT2D eigenvalue weighted by Crippen LogP contribution is -2.42. The third kappa shape index (κ3) is 5.74. The van der Waals surface area contributed by atoms with E-state index in [9.17, 15) is 0 Å². The van der Waals surface area contributed by atoms with Gasteiger partial charge in [-0.05, 0) is 25.9 Å². The number of hydrogen-bond donors (Lipinski definition) is 2. The molecule has 0 amide bonds. The second-order valence-electron chi connectivity index (χ2n) is 2.60. The maximum absolute atomic E-state index is 3.42. The summed E-state index contributed by atoms with van der Waals surface area (Å²) in [6.07, 6.45) is 2.68. The smallest absolute Gasteiger partial charge is 0.0192 e. The molecule has 0 radical (unpaired) electrons. The summed E-state index contributed by atoms with van der Waals surface area (Å²) in [5, 5.41) is 6.78. The Morgan fingerprint density at radius 3 is 2.64 bits per heavy atom. The van der Waals surface area contributed by atoms with Gasteiger partial charge in [0, 0.05) is 12.6 Å². The van der Waals surface area contributed by atoms with Crippen LogP contribution in [0.4, 0.5) is 0 Å². The summed E-state index contributed by atoms with van der Waals surface area (Å²) in [7, 11) is 0. The zero-order chi connectivity index (χ0) is 6.53. The zero-order valence-corrected chi connectivity index (χ0v) is 8.56. The van der Waals surface area contributed by atoms with Crippen molar-refractivity contribution < 1.29 is 0 Å². The molecule has 1 rings (SSSR count). The van der Waals surface area contributed by atoms with Crippen molar-refractivity contribution >= 4 is 24.8 Å². The number of halogens is 2. The minimum Gasteiger partial charge on any atom is -0.315 e. The summed E-state index contributed by atoms with van der Waals surface area (Å²) in [5.41, 5.74) is 0. The molecule has 0 saturated carbocycles. The van der Waals surface area contributed by atoms with Gasteiger partial charge in [0.25, 0.3) is 0 Å². The summed E-state index contributed by atoms with van der Waals surface area (Å²) in [6, 6.07) is 0.740. The van der Waals surface area contributed by atoms with Crippen LogP contribution >= 0.6 is 24.8 Å². The molecule has 1 aliphatic heterocycles. The Hall–Kier alpha value is 0.500. The Morgan fingerprint density at radius 2 is 2.18 bits per heavy atom. The molecule has 70 valence electrons. The number of rotatable bonds is 2. The van der Waals surface area contributed by atoms with Crippen LogP contribution in [0, 0.1) is 0 Å². The molecule has 0 unspecified atom stereocenters. The summed E-state index contributed by atoms with van der Waals surface area (Å²) in [6.45, 7) is 5.64. The van der Waals surface area contributed by atoms with Gasteiger partial charge in [-0.25, -0.2) is 0 Å². The second kappa shape index (κ2) is 8.60. The predicted molar refractivity (Wildman–Crippen MR) is 54.1 cm³/mol. The van der Waals surface area contributed by atoms with Gasteiger partial charge in [-0.15, -0.1) is 24.8 Å². The van der Waals surface area contributed by atoms with E-state index in [1.54, 1.807) is 0 Å². The molecule has 1 atom stereocenters. The second-order valence-corrected chi connectivity index (χ2v) is 2.60. The molecule has 0 aromatic rings. The Balaban J connectivity index is 0. The van der Waals surface area contributed by atoms with E-state index in [0.29, 0.717) is 0 Å². The van der Waals surface area contributed by atoms with Crippen LogP contribution in [0.5, 0.6) is 0 Å². The lowest BCUT2D eigenvalue weighted by Gasteiger charge is -2.22. The minimum absolute atomic E-state index is 0. The monoisotopic (exact) mass is 200 g/mol. The maximum atomic E-state index is 3.42. The van der Waals surface area contributed by atoms with Crippen molar-refractivity contribution in [1.82, 2.24) is 10.6 Å². The quantitative estimate of drug-likeness (QED) is 0.701. The first-order chi connectivity index (χ1) is 4.43. The van der Waals surface area contributed by atoms with Gasteiger partial charge >= 0.3 is 0 Å². The van der Waals surface area contributed by atoms with Crippen molar-refractivity contribution in [3.8, 4) is 0 Å². The normalized spacial score (nSPS) is 23.2. The highest BCUT2D eigenvalue weighted by Gasteiger charge is 2.09. The van der Waals surface area contributed by atoms with E-state index >= 15 is 0 Å². The lowest BCUT2D eigenvalue weighted by molar-refractivity contribution is 0.397. The van der Waals surface area contributed by atoms with Crippen molar-refractivity contribution in [2.75, 3.05) is 19.6 Å². The fourth-order valence-electron chi connectivity index (χ4n) is 1.31. The average molecular weight is 201 g/mol. The van der Waals surface area contributed by atoms with Gasteiger partial charge in [0.05, 0.1) is 0 Å². The number of likely N-dealkylation sites (N-methyl/N-ethyl adjacent to an activating group) is 1. The molecule has 0 aromatic carbocycles. The van der Waals surface area contributed by atoms with Gasteiger partial charge in [0.15, 0.2) is 0 Å². The van der Waals surface area contributed by atoms with Crippen molar-refractivity contribution in [3.05, 3.63) is 0 Å². The Labute approximate surface area is 81.3 Å². The summed E-state index contributed by atoms with van der Waals surface area (Å²) < 4.78 is 0. The van der Waals surface area contributed by atoms with Crippen LogP contribution in [0.25, 0.3) is 0 Å². The molecule has 1 heterocycles. The number of nitrogens with one attached hydrogen (secondary N) is 2. The van der Waals surface area contributed by atoms with Crippen LogP contribution in [0.2, 0.25) is 0 Å². The van der Waals surface area contributed by atoms with E-state index in [1.807, 2.05) is 0 Å². The highest BCUT2D eigenvalue weighted by molar-refractivity contribution is 5.85. The van der Waals surface area contributed by atoms with Crippen molar-refractivity contribution in [3.63, 3.8) is 0 Å². The molecule has 11 heavy (non-hydrogen) atoms. The highest BCUT2D eigenvalue weighted by atomic mass is 35.5. The van der Waals surface area contributed by atoms with Crippen LogP contribution < -0.4 is 10.6 Å². The van der Waals surface area contributed by atoms with E-state index in [4.69, 9.17) is 0 Å². The molecule has 0 aromatic heterocycles. The Bertz CT molecular complexity index is 72.1. The van der Waals surface area contributed by atoms with Crippen molar-refractivity contribution in [2.45, 2.75) is 25.8 Å². The molecule has 2 N–H and O–H groups in total. The summed E-state index contributed by atoms with van der Waals surface area (Å²) >= 11 is 0. The molecule has 2 nitrogen and oxygen atoms in total. The molecule has 0 bridgehead atoms. The third-order valence-electron chi connectivity index (χ3n) is 1.79. The SMILES string of the molecule is CCN[C@@H]1CCCNC1.Cl.Cl. The van der Waals surface area contributed by atoms with Gasteiger partial charge < -0.3 is 10.6 Å². The van der Waals surface area contributed by atoms with Crippen LogP contribution in [0.15, 0.2) is 0 Å². The van der Waals surface area contributed by atoms with Gasteiger partial charge in [0.1, 0.15) is 0 Å². The van der Waals surface area contributed by atoms with E-state index < -0.39 is 0 Å². The molecular formula is C7H18Cl2N2. The Morgan fingerprint density at radius 1 is 1.45 bits per heavy atom. The first-order valence-electron chi connectivity index (χ1n) is 3.87. The van der Waals surface area contributed by atoms with E-state index in [-0.39, 0.29) is 24.8 Å². The van der Waals surface area contributed by atoms with Gasteiger partial charge in [0.2, 0.25) is 0 Å². The summed E-state index contributed by atoms with van der Waals surface area (Å²) in [4.78, 5) is 0. The Kier molecular flexibility index (Phi) is 11.0. The molecule has 0 spiro atoms. The van der Waals surface area contributed by atoms with E-state index in [2.05, 4.69) is 17.6 Å². The minimum atomic E-state index is 0. The largest absolute Gasteiger partial charge is 0.315 e. The molecule has 0 aliphatic carbocycles. The zero-order valence-electron chi connectivity index (χ0n) is 6.93. The van der Waals surface area contributed by atoms with Crippen molar-refractivity contribution in [1.29, 1.82) is 0 Å². The van der Waals surface area contributed by atoms with E-state index in [1.165, 1.54) is 19.4 Å². The first kappa shape index (κ1) is 14.0. The van der Waals surface area contributed by atoms with Crippen LogP contribution in [-0.4, -0.2) is 25.7 Å². The molecule has 1 saturated heterocycles.